The standard InChI is InChI=1S/C21H26N6O.HI/c1-15-4-6-16(7-5-15)20-25-19(14-28-20)11-23-21(22-2)27-9-8-17(13-27)18-10-24-26(3)12-18;/h4-7,10,12,14,17H,8-9,11,13H2,1-3H3,(H,22,23);1H. The number of aliphatic imine (C=N–C) groups is 1. The molecule has 1 aliphatic heterocycles. The molecule has 3 heterocycles. The fourth-order valence-electron chi connectivity index (χ4n) is 3.59. The molecule has 0 spiro atoms. The first kappa shape index (κ1) is 21.4. The van der Waals surface area contributed by atoms with Crippen LogP contribution < -0.4 is 5.32 Å². The van der Waals surface area contributed by atoms with Crippen molar-refractivity contribution in [2.45, 2.75) is 25.8 Å². The third-order valence-electron chi connectivity index (χ3n) is 5.17. The molecule has 7 nitrogen and oxygen atoms in total. The average molecular weight is 506 g/mol. The minimum Gasteiger partial charge on any atom is -0.444 e. The topological polar surface area (TPSA) is 71.5 Å². The average Bonchev–Trinajstić information content (AvgIpc) is 3.44. The summed E-state index contributed by atoms with van der Waals surface area (Å²) in [4.78, 5) is 11.3. The predicted octanol–water partition coefficient (Wildman–Crippen LogP) is 3.57. The van der Waals surface area contributed by atoms with Gasteiger partial charge in [0.15, 0.2) is 5.96 Å². The number of nitrogens with one attached hydrogen (secondary N) is 1. The van der Waals surface area contributed by atoms with Crippen LogP contribution in [0.15, 0.2) is 52.3 Å². The van der Waals surface area contributed by atoms with Crippen LogP contribution in [0.2, 0.25) is 0 Å². The molecule has 0 radical (unpaired) electrons. The molecular formula is C21H27IN6O. The molecule has 4 rings (SSSR count). The summed E-state index contributed by atoms with van der Waals surface area (Å²) >= 11 is 0. The van der Waals surface area contributed by atoms with Crippen molar-refractivity contribution in [3.8, 4) is 11.5 Å². The third-order valence-corrected chi connectivity index (χ3v) is 5.17. The van der Waals surface area contributed by atoms with Crippen LogP contribution >= 0.6 is 24.0 Å². The zero-order valence-electron chi connectivity index (χ0n) is 17.0. The lowest BCUT2D eigenvalue weighted by Gasteiger charge is -2.21. The van der Waals surface area contributed by atoms with E-state index in [2.05, 4.69) is 50.5 Å². The van der Waals surface area contributed by atoms with Gasteiger partial charge in [-0.3, -0.25) is 9.67 Å². The van der Waals surface area contributed by atoms with E-state index in [9.17, 15) is 0 Å². The molecule has 3 aromatic rings. The van der Waals surface area contributed by atoms with E-state index in [1.165, 1.54) is 11.1 Å². The van der Waals surface area contributed by atoms with E-state index >= 15 is 0 Å². The van der Waals surface area contributed by atoms with Crippen LogP contribution in [0.5, 0.6) is 0 Å². The Morgan fingerprint density at radius 1 is 1.31 bits per heavy atom. The van der Waals surface area contributed by atoms with Crippen LogP contribution in [0, 0.1) is 6.92 Å². The summed E-state index contributed by atoms with van der Waals surface area (Å²) in [6.45, 7) is 4.57. The minimum atomic E-state index is 0. The summed E-state index contributed by atoms with van der Waals surface area (Å²) in [6, 6.07) is 8.18. The van der Waals surface area contributed by atoms with Gasteiger partial charge < -0.3 is 14.6 Å². The van der Waals surface area contributed by atoms with Crippen LogP contribution in [-0.4, -0.2) is 45.8 Å². The van der Waals surface area contributed by atoms with Crippen molar-refractivity contribution >= 4 is 29.9 Å². The molecule has 1 aliphatic rings. The molecule has 1 atom stereocenters. The van der Waals surface area contributed by atoms with E-state index in [0.29, 0.717) is 18.4 Å². The molecule has 0 aliphatic carbocycles. The molecule has 0 saturated carbocycles. The fourth-order valence-corrected chi connectivity index (χ4v) is 3.59. The number of rotatable bonds is 4. The van der Waals surface area contributed by atoms with Gasteiger partial charge in [-0.05, 0) is 31.0 Å². The highest BCUT2D eigenvalue weighted by Crippen LogP contribution is 2.26. The number of guanidine groups is 1. The van der Waals surface area contributed by atoms with Crippen LogP contribution in [0.3, 0.4) is 0 Å². The Morgan fingerprint density at radius 3 is 2.79 bits per heavy atom. The molecule has 29 heavy (non-hydrogen) atoms. The normalized spacial score (nSPS) is 16.7. The lowest BCUT2D eigenvalue weighted by molar-refractivity contribution is 0.485. The molecule has 1 fully saturated rings. The van der Waals surface area contributed by atoms with Gasteiger partial charge in [0, 0.05) is 44.9 Å². The maximum absolute atomic E-state index is 5.65. The third kappa shape index (κ3) is 4.98. The van der Waals surface area contributed by atoms with Crippen molar-refractivity contribution in [3.05, 3.63) is 59.7 Å². The van der Waals surface area contributed by atoms with E-state index in [-0.39, 0.29) is 24.0 Å². The lowest BCUT2D eigenvalue weighted by Crippen LogP contribution is -2.39. The zero-order chi connectivity index (χ0) is 19.5. The Kier molecular flexibility index (Phi) is 6.94. The summed E-state index contributed by atoms with van der Waals surface area (Å²) in [6.07, 6.45) is 6.88. The van der Waals surface area contributed by atoms with Crippen molar-refractivity contribution in [1.82, 2.24) is 25.0 Å². The van der Waals surface area contributed by atoms with Crippen molar-refractivity contribution in [1.29, 1.82) is 0 Å². The number of halogens is 1. The number of likely N-dealkylation sites (tertiary alicyclic amines) is 1. The van der Waals surface area contributed by atoms with Gasteiger partial charge in [-0.15, -0.1) is 24.0 Å². The first-order chi connectivity index (χ1) is 13.6. The van der Waals surface area contributed by atoms with Crippen molar-refractivity contribution in [2.24, 2.45) is 12.0 Å². The van der Waals surface area contributed by atoms with Crippen molar-refractivity contribution in [2.75, 3.05) is 20.1 Å². The van der Waals surface area contributed by atoms with E-state index in [1.54, 1.807) is 6.26 Å². The van der Waals surface area contributed by atoms with E-state index in [0.717, 1.165) is 36.7 Å². The van der Waals surface area contributed by atoms with Crippen LogP contribution in [0.4, 0.5) is 0 Å². The SMILES string of the molecule is CN=C(NCc1coc(-c2ccc(C)cc2)n1)N1CCC(c2cnn(C)c2)C1.I. The number of nitrogens with zero attached hydrogens (tertiary/aromatic N) is 5. The molecule has 1 N–H and O–H groups in total. The Balaban J connectivity index is 0.00000240. The first-order valence-corrected chi connectivity index (χ1v) is 9.58. The maximum atomic E-state index is 5.65. The molecule has 0 bridgehead atoms. The highest BCUT2D eigenvalue weighted by atomic mass is 127. The largest absolute Gasteiger partial charge is 0.444 e. The van der Waals surface area contributed by atoms with Gasteiger partial charge in [0.1, 0.15) is 6.26 Å². The molecule has 0 amide bonds. The molecule has 1 unspecified atom stereocenters. The number of aromatic nitrogens is 3. The van der Waals surface area contributed by atoms with Crippen molar-refractivity contribution < 1.29 is 4.42 Å². The highest BCUT2D eigenvalue weighted by Gasteiger charge is 2.27. The van der Waals surface area contributed by atoms with Crippen LogP contribution in [-0.2, 0) is 13.6 Å². The summed E-state index contributed by atoms with van der Waals surface area (Å²) in [5, 5.41) is 7.70. The van der Waals surface area contributed by atoms with Gasteiger partial charge in [-0.1, -0.05) is 17.7 Å². The van der Waals surface area contributed by atoms with Gasteiger partial charge in [0.25, 0.3) is 0 Å². The maximum Gasteiger partial charge on any atom is 0.226 e. The second-order valence-electron chi connectivity index (χ2n) is 7.29. The van der Waals surface area contributed by atoms with Gasteiger partial charge in [0.05, 0.1) is 18.4 Å². The van der Waals surface area contributed by atoms with Crippen LogP contribution in [0.1, 0.15) is 29.2 Å². The summed E-state index contributed by atoms with van der Waals surface area (Å²) in [5.41, 5.74) is 4.36. The monoisotopic (exact) mass is 506 g/mol. The number of hydrogen-bond acceptors (Lipinski definition) is 4. The number of aryl methyl sites for hydroxylation is 2. The lowest BCUT2D eigenvalue weighted by atomic mass is 10.0. The van der Waals surface area contributed by atoms with E-state index in [1.807, 2.05) is 37.1 Å². The smallest absolute Gasteiger partial charge is 0.226 e. The van der Waals surface area contributed by atoms with E-state index < -0.39 is 0 Å². The van der Waals surface area contributed by atoms with Gasteiger partial charge >= 0.3 is 0 Å². The van der Waals surface area contributed by atoms with Crippen LogP contribution in [0.25, 0.3) is 11.5 Å². The number of hydrogen-bond donors (Lipinski definition) is 1. The number of benzene rings is 1. The second-order valence-corrected chi connectivity index (χ2v) is 7.29. The Bertz CT molecular complexity index is 962. The molecule has 154 valence electrons. The Morgan fingerprint density at radius 2 is 2.10 bits per heavy atom. The molecule has 2 aromatic heterocycles. The van der Waals surface area contributed by atoms with E-state index in [4.69, 9.17) is 4.42 Å². The highest BCUT2D eigenvalue weighted by molar-refractivity contribution is 14.0. The molecule has 8 heteroatoms. The zero-order valence-corrected chi connectivity index (χ0v) is 19.3. The molecule has 1 aromatic carbocycles. The summed E-state index contributed by atoms with van der Waals surface area (Å²) in [7, 11) is 3.78. The molecule has 1 saturated heterocycles. The fraction of sp³-hybridized carbons (Fsp3) is 0.381. The minimum absolute atomic E-state index is 0. The predicted molar refractivity (Wildman–Crippen MR) is 124 cm³/mol. The number of oxazole rings is 1. The van der Waals surface area contributed by atoms with Gasteiger partial charge in [-0.25, -0.2) is 4.98 Å². The Hall–Kier alpha value is -2.36. The Labute approximate surface area is 188 Å². The second kappa shape index (κ2) is 9.43. The van der Waals surface area contributed by atoms with Gasteiger partial charge in [-0.2, -0.15) is 5.10 Å². The first-order valence-electron chi connectivity index (χ1n) is 9.58. The molecular weight excluding hydrogens is 479 g/mol. The summed E-state index contributed by atoms with van der Waals surface area (Å²) in [5.74, 6) is 2.03. The van der Waals surface area contributed by atoms with Gasteiger partial charge in [0.2, 0.25) is 5.89 Å². The summed E-state index contributed by atoms with van der Waals surface area (Å²) < 4.78 is 7.51. The quantitative estimate of drug-likeness (QED) is 0.333. The van der Waals surface area contributed by atoms with Crippen molar-refractivity contribution in [3.63, 3.8) is 0 Å².